The molecule has 0 bridgehead atoms. The zero-order valence-electron chi connectivity index (χ0n) is 16.2. The van der Waals surface area contributed by atoms with E-state index in [1.165, 1.54) is 4.90 Å². The van der Waals surface area contributed by atoms with E-state index < -0.39 is 24.7 Å². The Kier molecular flexibility index (Phi) is 5.97. The number of benzene rings is 2. The van der Waals surface area contributed by atoms with Crippen molar-refractivity contribution in [1.82, 2.24) is 0 Å². The maximum absolute atomic E-state index is 13.3. The van der Waals surface area contributed by atoms with Gasteiger partial charge in [-0.05, 0) is 30.0 Å². The number of carbonyl (C=O) groups is 1. The first-order chi connectivity index (χ1) is 14.4. The van der Waals surface area contributed by atoms with Gasteiger partial charge >= 0.3 is 12.3 Å². The Labute approximate surface area is 172 Å². The third-order valence-electron chi connectivity index (χ3n) is 5.34. The van der Waals surface area contributed by atoms with E-state index in [0.717, 1.165) is 17.7 Å². The van der Waals surface area contributed by atoms with Crippen molar-refractivity contribution in [3.05, 3.63) is 65.7 Å². The Morgan fingerprint density at radius 2 is 1.83 bits per heavy atom. The maximum atomic E-state index is 13.3. The number of ether oxygens (including phenoxy) is 3. The predicted octanol–water partition coefficient (Wildman–Crippen LogP) is 4.84. The minimum absolute atomic E-state index is 0.142. The van der Waals surface area contributed by atoms with Crippen molar-refractivity contribution in [2.45, 2.75) is 50.5 Å². The van der Waals surface area contributed by atoms with E-state index in [1.54, 1.807) is 30.3 Å². The smallest absolute Gasteiger partial charge is 0.417 e. The molecule has 160 valence electrons. The monoisotopic (exact) mass is 421 g/mol. The van der Waals surface area contributed by atoms with Crippen molar-refractivity contribution in [2.24, 2.45) is 0 Å². The molecule has 1 fully saturated rings. The first kappa shape index (κ1) is 20.7. The van der Waals surface area contributed by atoms with Crippen molar-refractivity contribution in [3.63, 3.8) is 0 Å². The summed E-state index contributed by atoms with van der Waals surface area (Å²) in [5.41, 5.74) is 2.47. The van der Waals surface area contributed by atoms with E-state index in [1.807, 2.05) is 24.3 Å². The zero-order chi connectivity index (χ0) is 21.1. The van der Waals surface area contributed by atoms with Crippen LogP contribution in [-0.4, -0.2) is 37.3 Å². The van der Waals surface area contributed by atoms with Crippen molar-refractivity contribution < 1.29 is 32.2 Å². The number of halogens is 3. The summed E-state index contributed by atoms with van der Waals surface area (Å²) in [6, 6.07) is 15.9. The molecular formula is C22H22F3NO4. The molecule has 8 heteroatoms. The molecule has 30 heavy (non-hydrogen) atoms. The van der Waals surface area contributed by atoms with Crippen LogP contribution in [0.3, 0.4) is 0 Å². The van der Waals surface area contributed by atoms with Crippen molar-refractivity contribution in [1.29, 1.82) is 0 Å². The molecule has 3 atom stereocenters. The molecule has 1 saturated heterocycles. The predicted molar refractivity (Wildman–Crippen MR) is 103 cm³/mol. The molecule has 0 N–H and O–H groups in total. The molecule has 0 aliphatic carbocycles. The van der Waals surface area contributed by atoms with E-state index in [9.17, 15) is 18.0 Å². The summed E-state index contributed by atoms with van der Waals surface area (Å²) in [6.45, 7) is -0.375. The molecule has 2 aromatic carbocycles. The highest BCUT2D eigenvalue weighted by Gasteiger charge is 2.46. The maximum Gasteiger partial charge on any atom is 0.417 e. The Morgan fingerprint density at radius 3 is 2.60 bits per heavy atom. The molecule has 2 heterocycles. The molecule has 2 aromatic rings. The van der Waals surface area contributed by atoms with Crippen LogP contribution in [0, 0.1) is 0 Å². The average molecular weight is 421 g/mol. The number of cyclic esters (lactones) is 1. The second kappa shape index (κ2) is 8.65. The van der Waals surface area contributed by atoms with E-state index in [4.69, 9.17) is 14.2 Å². The Bertz CT molecular complexity index is 874. The Morgan fingerprint density at radius 1 is 1.10 bits per heavy atom. The SMILES string of the molecule is O=C1OC(OCCC(OCc2ccccc2)C(F)(F)F)C2CCc3ccccc3N12. The fraction of sp³-hybridized carbons (Fsp3) is 0.409. The number of rotatable bonds is 7. The van der Waals surface area contributed by atoms with Crippen LogP contribution in [0.5, 0.6) is 0 Å². The largest absolute Gasteiger partial charge is 0.417 e. The summed E-state index contributed by atoms with van der Waals surface area (Å²) in [5.74, 6) is 0. The lowest BCUT2D eigenvalue weighted by Gasteiger charge is -2.30. The van der Waals surface area contributed by atoms with Gasteiger partial charge in [-0.15, -0.1) is 0 Å². The highest BCUT2D eigenvalue weighted by Crippen LogP contribution is 2.37. The molecule has 0 aromatic heterocycles. The van der Waals surface area contributed by atoms with Crippen LogP contribution >= 0.6 is 0 Å². The van der Waals surface area contributed by atoms with Crippen LogP contribution < -0.4 is 4.90 Å². The summed E-state index contributed by atoms with van der Waals surface area (Å²) in [7, 11) is 0. The van der Waals surface area contributed by atoms with Crippen LogP contribution in [0.15, 0.2) is 54.6 Å². The van der Waals surface area contributed by atoms with Gasteiger partial charge in [-0.2, -0.15) is 13.2 Å². The van der Waals surface area contributed by atoms with E-state index in [2.05, 4.69) is 0 Å². The van der Waals surface area contributed by atoms with Gasteiger partial charge in [0.15, 0.2) is 6.10 Å². The zero-order valence-corrected chi connectivity index (χ0v) is 16.2. The summed E-state index contributed by atoms with van der Waals surface area (Å²) < 4.78 is 56.0. The minimum Gasteiger partial charge on any atom is -0.417 e. The normalized spacial score (nSPS) is 21.7. The van der Waals surface area contributed by atoms with Crippen LogP contribution in [0.4, 0.5) is 23.7 Å². The second-order valence-corrected chi connectivity index (χ2v) is 7.34. The molecule has 1 amide bonds. The quantitative estimate of drug-likeness (QED) is 0.642. The van der Waals surface area contributed by atoms with Gasteiger partial charge < -0.3 is 14.2 Å². The first-order valence-electron chi connectivity index (χ1n) is 9.85. The number of hydrogen-bond donors (Lipinski definition) is 0. The summed E-state index contributed by atoms with van der Waals surface area (Å²) in [4.78, 5) is 13.9. The third-order valence-corrected chi connectivity index (χ3v) is 5.34. The average Bonchev–Trinajstić information content (AvgIpc) is 3.06. The van der Waals surface area contributed by atoms with Gasteiger partial charge in [0.25, 0.3) is 0 Å². The third kappa shape index (κ3) is 4.44. The van der Waals surface area contributed by atoms with Crippen LogP contribution in [-0.2, 0) is 27.2 Å². The number of carbonyl (C=O) groups excluding carboxylic acids is 1. The standard InChI is InChI=1S/C22H22F3NO4/c23-22(24,25)19(29-14-15-6-2-1-3-7-15)12-13-28-20-18-11-10-16-8-4-5-9-17(16)26(18)21(27)30-20/h1-9,18-20H,10-14H2. The van der Waals surface area contributed by atoms with Gasteiger partial charge in [-0.25, -0.2) is 4.79 Å². The van der Waals surface area contributed by atoms with Crippen molar-refractivity contribution >= 4 is 11.8 Å². The van der Waals surface area contributed by atoms with Gasteiger partial charge in [0.1, 0.15) is 6.04 Å². The number of fused-ring (bicyclic) bond motifs is 3. The molecule has 4 rings (SSSR count). The number of anilines is 1. The molecule has 3 unspecified atom stereocenters. The molecule has 0 saturated carbocycles. The number of alkyl halides is 3. The van der Waals surface area contributed by atoms with Gasteiger partial charge in [0.05, 0.1) is 18.9 Å². The highest BCUT2D eigenvalue weighted by atomic mass is 19.4. The van der Waals surface area contributed by atoms with Crippen LogP contribution in [0.2, 0.25) is 0 Å². The van der Waals surface area contributed by atoms with Gasteiger partial charge in [0.2, 0.25) is 6.29 Å². The lowest BCUT2D eigenvalue weighted by atomic mass is 9.96. The fourth-order valence-corrected chi connectivity index (χ4v) is 3.84. The Hall–Kier alpha value is -2.58. The number of amides is 1. The van der Waals surface area contributed by atoms with Gasteiger partial charge in [-0.1, -0.05) is 48.5 Å². The summed E-state index contributed by atoms with van der Waals surface area (Å²) >= 11 is 0. The minimum atomic E-state index is -4.51. The lowest BCUT2D eigenvalue weighted by Crippen LogP contribution is -2.41. The number of nitrogens with zero attached hydrogens (tertiary/aromatic N) is 1. The van der Waals surface area contributed by atoms with E-state index in [-0.39, 0.29) is 25.7 Å². The molecule has 0 radical (unpaired) electrons. The van der Waals surface area contributed by atoms with Gasteiger partial charge in [-0.3, -0.25) is 4.90 Å². The van der Waals surface area contributed by atoms with Crippen LogP contribution in [0.1, 0.15) is 24.0 Å². The van der Waals surface area contributed by atoms with Crippen LogP contribution in [0.25, 0.3) is 0 Å². The molecule has 2 aliphatic rings. The number of aryl methyl sites for hydroxylation is 1. The number of para-hydroxylation sites is 1. The molecule has 2 aliphatic heterocycles. The number of hydrogen-bond acceptors (Lipinski definition) is 4. The second-order valence-electron chi connectivity index (χ2n) is 7.34. The summed E-state index contributed by atoms with van der Waals surface area (Å²) in [6.07, 6.45) is -6.91. The topological polar surface area (TPSA) is 48.0 Å². The molecule has 0 spiro atoms. The van der Waals surface area contributed by atoms with E-state index in [0.29, 0.717) is 12.0 Å². The van der Waals surface area contributed by atoms with Gasteiger partial charge in [0, 0.05) is 6.42 Å². The summed E-state index contributed by atoms with van der Waals surface area (Å²) in [5, 5.41) is 0. The Balaban J connectivity index is 1.34. The lowest BCUT2D eigenvalue weighted by molar-refractivity contribution is -0.231. The highest BCUT2D eigenvalue weighted by molar-refractivity contribution is 5.92. The molecule has 5 nitrogen and oxygen atoms in total. The van der Waals surface area contributed by atoms with Crippen molar-refractivity contribution in [3.8, 4) is 0 Å². The van der Waals surface area contributed by atoms with Crippen molar-refractivity contribution in [2.75, 3.05) is 11.5 Å². The fourth-order valence-electron chi connectivity index (χ4n) is 3.84. The first-order valence-corrected chi connectivity index (χ1v) is 9.85. The van der Waals surface area contributed by atoms with E-state index >= 15 is 0 Å². The molecular weight excluding hydrogens is 399 g/mol.